The Labute approximate surface area is 150 Å². The Morgan fingerprint density at radius 3 is 2.50 bits per heavy atom. The van der Waals surface area contributed by atoms with E-state index in [0.29, 0.717) is 24.7 Å². The molecule has 0 aliphatic carbocycles. The van der Waals surface area contributed by atoms with Gasteiger partial charge in [0, 0.05) is 24.4 Å². The van der Waals surface area contributed by atoms with Crippen molar-refractivity contribution in [3.63, 3.8) is 0 Å². The van der Waals surface area contributed by atoms with Gasteiger partial charge in [0.05, 0.1) is 22.9 Å². The summed E-state index contributed by atoms with van der Waals surface area (Å²) in [6, 6.07) is 15.7. The molecule has 132 valence electrons. The molecule has 2 heterocycles. The number of non-ortho nitro benzene ring substituents is 1. The van der Waals surface area contributed by atoms with Gasteiger partial charge in [0.15, 0.2) is 0 Å². The van der Waals surface area contributed by atoms with Gasteiger partial charge in [-0.05, 0) is 54.4 Å². The zero-order valence-corrected chi connectivity index (χ0v) is 14.0. The largest absolute Gasteiger partial charge is 0.478 e. The van der Waals surface area contributed by atoms with E-state index in [-0.39, 0.29) is 5.69 Å². The molecule has 0 radical (unpaired) electrons. The van der Waals surface area contributed by atoms with E-state index in [4.69, 9.17) is 10.5 Å². The first kappa shape index (κ1) is 17.5. The first-order valence-electron chi connectivity index (χ1n) is 8.18. The number of hydrogen-bond donors (Lipinski definition) is 1. The van der Waals surface area contributed by atoms with E-state index in [2.05, 4.69) is 9.97 Å². The Balaban J connectivity index is 2.00. The van der Waals surface area contributed by atoms with Gasteiger partial charge in [-0.1, -0.05) is 6.07 Å². The number of rotatable bonds is 7. The van der Waals surface area contributed by atoms with Crippen molar-refractivity contribution in [3.05, 3.63) is 70.9 Å². The summed E-state index contributed by atoms with van der Waals surface area (Å²) in [4.78, 5) is 19.3. The number of ether oxygens (including phenoxy) is 1. The quantitative estimate of drug-likeness (QED) is 0.397. The molecule has 1 aromatic carbocycles. The smallest absolute Gasteiger partial charge is 0.269 e. The zero-order chi connectivity index (χ0) is 18.4. The predicted molar refractivity (Wildman–Crippen MR) is 98.7 cm³/mol. The topological polar surface area (TPSA) is 104 Å². The molecular formula is C19H18N4O3. The van der Waals surface area contributed by atoms with Crippen LogP contribution in [0.1, 0.15) is 6.42 Å². The normalized spacial score (nSPS) is 10.5. The van der Waals surface area contributed by atoms with Crippen LogP contribution in [-0.4, -0.2) is 28.0 Å². The molecule has 3 aromatic rings. The molecule has 7 nitrogen and oxygen atoms in total. The number of nitro benzene ring substituents is 1. The van der Waals surface area contributed by atoms with Gasteiger partial charge in [-0.25, -0.2) is 4.98 Å². The molecule has 0 aliphatic rings. The van der Waals surface area contributed by atoms with Gasteiger partial charge >= 0.3 is 0 Å². The van der Waals surface area contributed by atoms with Crippen LogP contribution < -0.4 is 10.5 Å². The fourth-order valence-electron chi connectivity index (χ4n) is 2.43. The molecule has 0 spiro atoms. The number of aromatic nitrogens is 2. The number of pyridine rings is 2. The summed E-state index contributed by atoms with van der Waals surface area (Å²) in [7, 11) is 0. The van der Waals surface area contributed by atoms with Crippen LogP contribution in [-0.2, 0) is 0 Å². The standard InChI is InChI=1S/C19H18N4O3/c20-9-3-11-26-19-13-15(14-5-7-16(8-6-14)23(24)25)12-18(22-19)17-4-1-2-10-21-17/h1-2,4-8,10,12-13H,3,9,11,20H2. The summed E-state index contributed by atoms with van der Waals surface area (Å²) in [6.07, 6.45) is 2.42. The van der Waals surface area contributed by atoms with E-state index in [1.165, 1.54) is 12.1 Å². The Bertz CT molecular complexity index is 883. The molecule has 0 saturated heterocycles. The summed E-state index contributed by atoms with van der Waals surface area (Å²) in [5.74, 6) is 0.468. The highest BCUT2D eigenvalue weighted by Crippen LogP contribution is 2.29. The molecule has 0 saturated carbocycles. The molecule has 0 fully saturated rings. The summed E-state index contributed by atoms with van der Waals surface area (Å²) in [6.45, 7) is 1.00. The SMILES string of the molecule is NCCCOc1cc(-c2ccc([N+](=O)[O-])cc2)cc(-c2ccccn2)n1. The molecule has 0 bridgehead atoms. The summed E-state index contributed by atoms with van der Waals surface area (Å²) in [5.41, 5.74) is 8.63. The van der Waals surface area contributed by atoms with Crippen molar-refractivity contribution in [2.24, 2.45) is 5.73 Å². The van der Waals surface area contributed by atoms with Gasteiger partial charge < -0.3 is 10.5 Å². The lowest BCUT2D eigenvalue weighted by Crippen LogP contribution is -2.07. The number of hydrogen-bond acceptors (Lipinski definition) is 6. The maximum Gasteiger partial charge on any atom is 0.269 e. The van der Waals surface area contributed by atoms with Gasteiger partial charge in [0.25, 0.3) is 5.69 Å². The maximum atomic E-state index is 10.8. The van der Waals surface area contributed by atoms with Crippen molar-refractivity contribution in [3.8, 4) is 28.4 Å². The highest BCUT2D eigenvalue weighted by molar-refractivity contribution is 5.71. The molecular weight excluding hydrogens is 332 g/mol. The van der Waals surface area contributed by atoms with E-state index < -0.39 is 4.92 Å². The lowest BCUT2D eigenvalue weighted by atomic mass is 10.0. The number of nitro groups is 1. The van der Waals surface area contributed by atoms with Crippen molar-refractivity contribution in [1.29, 1.82) is 0 Å². The molecule has 2 aromatic heterocycles. The molecule has 0 unspecified atom stereocenters. The fraction of sp³-hybridized carbons (Fsp3) is 0.158. The van der Waals surface area contributed by atoms with Gasteiger partial charge in [0.1, 0.15) is 0 Å². The van der Waals surface area contributed by atoms with Crippen molar-refractivity contribution in [1.82, 2.24) is 9.97 Å². The van der Waals surface area contributed by atoms with Crippen LogP contribution in [0, 0.1) is 10.1 Å². The highest BCUT2D eigenvalue weighted by Gasteiger charge is 2.10. The van der Waals surface area contributed by atoms with E-state index in [1.807, 2.05) is 30.3 Å². The minimum absolute atomic E-state index is 0.0483. The van der Waals surface area contributed by atoms with E-state index in [0.717, 1.165) is 23.2 Å². The van der Waals surface area contributed by atoms with Crippen molar-refractivity contribution >= 4 is 5.69 Å². The lowest BCUT2D eigenvalue weighted by molar-refractivity contribution is -0.384. The number of nitrogens with two attached hydrogens (primary N) is 1. The predicted octanol–water partition coefficient (Wildman–Crippen LogP) is 3.45. The van der Waals surface area contributed by atoms with Gasteiger partial charge in [-0.15, -0.1) is 0 Å². The summed E-state index contributed by atoms with van der Waals surface area (Å²) in [5, 5.41) is 10.8. The van der Waals surface area contributed by atoms with Crippen LogP contribution >= 0.6 is 0 Å². The minimum Gasteiger partial charge on any atom is -0.478 e. The first-order chi connectivity index (χ1) is 12.7. The highest BCUT2D eigenvalue weighted by atomic mass is 16.6. The third-order valence-corrected chi connectivity index (χ3v) is 3.74. The third-order valence-electron chi connectivity index (χ3n) is 3.74. The fourth-order valence-corrected chi connectivity index (χ4v) is 2.43. The zero-order valence-electron chi connectivity index (χ0n) is 14.0. The Hall–Kier alpha value is -3.32. The molecule has 26 heavy (non-hydrogen) atoms. The molecule has 7 heteroatoms. The Kier molecular flexibility index (Phi) is 5.50. The van der Waals surface area contributed by atoms with Crippen molar-refractivity contribution in [2.75, 3.05) is 13.2 Å². The summed E-state index contributed by atoms with van der Waals surface area (Å²) < 4.78 is 5.71. The van der Waals surface area contributed by atoms with Crippen LogP contribution in [0.2, 0.25) is 0 Å². The number of benzene rings is 1. The van der Waals surface area contributed by atoms with Gasteiger partial charge in [-0.3, -0.25) is 15.1 Å². The Morgan fingerprint density at radius 2 is 1.85 bits per heavy atom. The second-order valence-electron chi connectivity index (χ2n) is 5.59. The van der Waals surface area contributed by atoms with Crippen LogP contribution in [0.4, 0.5) is 5.69 Å². The van der Waals surface area contributed by atoms with Crippen LogP contribution in [0.3, 0.4) is 0 Å². The molecule has 0 atom stereocenters. The molecule has 3 rings (SSSR count). The molecule has 0 aliphatic heterocycles. The van der Waals surface area contributed by atoms with Crippen LogP contribution in [0.25, 0.3) is 22.5 Å². The molecule has 0 amide bonds. The minimum atomic E-state index is -0.420. The third kappa shape index (κ3) is 4.20. The van der Waals surface area contributed by atoms with Gasteiger partial charge in [-0.2, -0.15) is 0 Å². The average Bonchev–Trinajstić information content (AvgIpc) is 2.69. The maximum absolute atomic E-state index is 10.8. The first-order valence-corrected chi connectivity index (χ1v) is 8.18. The number of nitrogens with zero attached hydrogens (tertiary/aromatic N) is 3. The van der Waals surface area contributed by atoms with Crippen molar-refractivity contribution < 1.29 is 9.66 Å². The monoisotopic (exact) mass is 350 g/mol. The lowest BCUT2D eigenvalue weighted by Gasteiger charge is -2.10. The second kappa shape index (κ2) is 8.17. The van der Waals surface area contributed by atoms with Crippen molar-refractivity contribution in [2.45, 2.75) is 6.42 Å². The summed E-state index contributed by atoms with van der Waals surface area (Å²) >= 11 is 0. The van der Waals surface area contributed by atoms with Gasteiger partial charge in [0.2, 0.25) is 5.88 Å². The Morgan fingerprint density at radius 1 is 1.04 bits per heavy atom. The van der Waals surface area contributed by atoms with E-state index in [1.54, 1.807) is 18.3 Å². The van der Waals surface area contributed by atoms with E-state index >= 15 is 0 Å². The van der Waals surface area contributed by atoms with E-state index in [9.17, 15) is 10.1 Å². The average molecular weight is 350 g/mol. The van der Waals surface area contributed by atoms with Crippen LogP contribution in [0.5, 0.6) is 5.88 Å². The second-order valence-corrected chi connectivity index (χ2v) is 5.59. The van der Waals surface area contributed by atoms with Crippen LogP contribution in [0.15, 0.2) is 60.8 Å². The molecule has 2 N–H and O–H groups in total.